The molecular weight excluding hydrogens is 323 g/mol. The van der Waals surface area contributed by atoms with Crippen molar-refractivity contribution in [3.8, 4) is 11.4 Å². The first-order valence-corrected chi connectivity index (χ1v) is 8.33. The van der Waals surface area contributed by atoms with Gasteiger partial charge >= 0.3 is 0 Å². The van der Waals surface area contributed by atoms with Gasteiger partial charge in [0, 0.05) is 18.0 Å². The van der Waals surface area contributed by atoms with E-state index in [-0.39, 0.29) is 17.9 Å². The van der Waals surface area contributed by atoms with Crippen molar-refractivity contribution in [3.05, 3.63) is 47.6 Å². The monoisotopic (exact) mass is 342 g/mol. The van der Waals surface area contributed by atoms with Crippen molar-refractivity contribution in [1.29, 1.82) is 0 Å². The van der Waals surface area contributed by atoms with Crippen molar-refractivity contribution in [2.45, 2.75) is 45.3 Å². The average Bonchev–Trinajstić information content (AvgIpc) is 3.26. The summed E-state index contributed by atoms with van der Waals surface area (Å²) >= 11 is 0. The third kappa shape index (κ3) is 3.17. The zero-order valence-electron chi connectivity index (χ0n) is 14.1. The van der Waals surface area contributed by atoms with Gasteiger partial charge in [0.25, 0.3) is 0 Å². The van der Waals surface area contributed by atoms with Crippen LogP contribution >= 0.6 is 0 Å². The maximum absolute atomic E-state index is 13.7. The van der Waals surface area contributed by atoms with E-state index in [2.05, 4.69) is 25.5 Å². The van der Waals surface area contributed by atoms with Crippen LogP contribution in [0, 0.1) is 12.7 Å². The van der Waals surface area contributed by atoms with Gasteiger partial charge in [0.15, 0.2) is 0 Å². The molecule has 0 saturated carbocycles. The van der Waals surface area contributed by atoms with Crippen molar-refractivity contribution < 1.29 is 8.91 Å². The molecule has 3 aromatic rings. The minimum absolute atomic E-state index is 0.105. The predicted octanol–water partition coefficient (Wildman–Crippen LogP) is 2.44. The Morgan fingerprint density at radius 3 is 3.12 bits per heavy atom. The SMILES string of the molecule is Cc1ccc(-c2noc([C@H](C)N[C@@H]3CCc4ncnn4C3)n2)cc1F. The number of hydrogen-bond acceptors (Lipinski definition) is 6. The van der Waals surface area contributed by atoms with Crippen LogP contribution in [0.1, 0.15) is 36.7 Å². The molecule has 4 rings (SSSR count). The Morgan fingerprint density at radius 2 is 2.28 bits per heavy atom. The first-order valence-electron chi connectivity index (χ1n) is 8.33. The van der Waals surface area contributed by atoms with Crippen molar-refractivity contribution in [3.63, 3.8) is 0 Å². The number of benzene rings is 1. The van der Waals surface area contributed by atoms with Crippen molar-refractivity contribution >= 4 is 0 Å². The fourth-order valence-corrected chi connectivity index (χ4v) is 3.06. The van der Waals surface area contributed by atoms with Gasteiger partial charge in [0.2, 0.25) is 11.7 Å². The summed E-state index contributed by atoms with van der Waals surface area (Å²) < 4.78 is 21.0. The summed E-state index contributed by atoms with van der Waals surface area (Å²) in [6, 6.07) is 5.08. The Kier molecular flexibility index (Phi) is 4.04. The fourth-order valence-electron chi connectivity index (χ4n) is 3.06. The molecular formula is C17H19FN6O. The molecule has 0 spiro atoms. The van der Waals surface area contributed by atoms with Crippen molar-refractivity contribution in [2.24, 2.45) is 0 Å². The highest BCUT2D eigenvalue weighted by molar-refractivity contribution is 5.54. The van der Waals surface area contributed by atoms with Crippen LogP contribution in [0.25, 0.3) is 11.4 Å². The molecule has 1 aliphatic heterocycles. The van der Waals surface area contributed by atoms with Gasteiger partial charge < -0.3 is 9.84 Å². The summed E-state index contributed by atoms with van der Waals surface area (Å²) in [5.74, 6) is 1.62. The molecule has 0 fully saturated rings. The van der Waals surface area contributed by atoms with Gasteiger partial charge in [0.1, 0.15) is 18.0 Å². The van der Waals surface area contributed by atoms with E-state index in [9.17, 15) is 4.39 Å². The summed E-state index contributed by atoms with van der Waals surface area (Å²) in [6.45, 7) is 4.46. The number of fused-ring (bicyclic) bond motifs is 1. The number of nitrogens with zero attached hydrogens (tertiary/aromatic N) is 5. The molecule has 1 aromatic carbocycles. The molecule has 25 heavy (non-hydrogen) atoms. The molecule has 3 heterocycles. The molecule has 2 atom stereocenters. The summed E-state index contributed by atoms with van der Waals surface area (Å²) in [4.78, 5) is 8.64. The Morgan fingerprint density at radius 1 is 1.40 bits per heavy atom. The molecule has 0 aliphatic carbocycles. The van der Waals surface area contributed by atoms with E-state index in [1.807, 2.05) is 11.6 Å². The van der Waals surface area contributed by atoms with Crippen LogP contribution in [0.5, 0.6) is 0 Å². The first-order chi connectivity index (χ1) is 12.1. The van der Waals surface area contributed by atoms with Gasteiger partial charge in [-0.1, -0.05) is 17.3 Å². The van der Waals surface area contributed by atoms with Gasteiger partial charge in [-0.2, -0.15) is 10.1 Å². The lowest BCUT2D eigenvalue weighted by molar-refractivity contribution is 0.288. The second-order valence-corrected chi connectivity index (χ2v) is 6.40. The summed E-state index contributed by atoms with van der Waals surface area (Å²) in [5, 5.41) is 11.7. The average molecular weight is 342 g/mol. The summed E-state index contributed by atoms with van der Waals surface area (Å²) in [6.07, 6.45) is 3.46. The predicted molar refractivity (Wildman–Crippen MR) is 88.1 cm³/mol. The summed E-state index contributed by atoms with van der Waals surface area (Å²) in [5.41, 5.74) is 1.20. The second kappa shape index (κ2) is 6.36. The molecule has 0 radical (unpaired) electrons. The lowest BCUT2D eigenvalue weighted by Crippen LogP contribution is -2.39. The molecule has 0 saturated heterocycles. The van der Waals surface area contributed by atoms with Crippen LogP contribution in [0.4, 0.5) is 4.39 Å². The minimum atomic E-state index is -0.277. The number of rotatable bonds is 4. The van der Waals surface area contributed by atoms with Crippen molar-refractivity contribution in [2.75, 3.05) is 0 Å². The van der Waals surface area contributed by atoms with Crippen LogP contribution < -0.4 is 5.32 Å². The molecule has 1 N–H and O–H groups in total. The van der Waals surface area contributed by atoms with Crippen LogP contribution in [0.3, 0.4) is 0 Å². The highest BCUT2D eigenvalue weighted by Crippen LogP contribution is 2.22. The van der Waals surface area contributed by atoms with Crippen LogP contribution in [-0.4, -0.2) is 30.9 Å². The molecule has 0 amide bonds. The number of hydrogen-bond donors (Lipinski definition) is 1. The molecule has 1 aliphatic rings. The Balaban J connectivity index is 1.45. The van der Waals surface area contributed by atoms with E-state index in [1.165, 1.54) is 6.07 Å². The highest BCUT2D eigenvalue weighted by Gasteiger charge is 2.24. The number of aryl methyl sites for hydroxylation is 2. The standard InChI is InChI=1S/C17H19FN6O/c1-10-3-4-12(7-14(10)18)16-22-17(25-23-16)11(2)21-13-5-6-15-19-9-20-24(15)8-13/h3-4,7,9,11,13,21H,5-6,8H2,1-2H3/t11-,13+/m0/s1. The smallest absolute Gasteiger partial charge is 0.243 e. The molecule has 7 nitrogen and oxygen atoms in total. The lowest BCUT2D eigenvalue weighted by Gasteiger charge is -2.25. The summed E-state index contributed by atoms with van der Waals surface area (Å²) in [7, 11) is 0. The van der Waals surface area contributed by atoms with Gasteiger partial charge in [-0.15, -0.1) is 0 Å². The molecule has 2 aromatic heterocycles. The van der Waals surface area contributed by atoms with Crippen LogP contribution in [0.15, 0.2) is 29.0 Å². The van der Waals surface area contributed by atoms with E-state index in [0.717, 1.165) is 25.2 Å². The quantitative estimate of drug-likeness (QED) is 0.784. The molecule has 130 valence electrons. The number of aromatic nitrogens is 5. The number of nitrogens with one attached hydrogen (secondary N) is 1. The van der Waals surface area contributed by atoms with Crippen molar-refractivity contribution in [1.82, 2.24) is 30.2 Å². The minimum Gasteiger partial charge on any atom is -0.337 e. The zero-order valence-corrected chi connectivity index (χ0v) is 14.1. The van der Waals surface area contributed by atoms with Crippen LogP contribution in [-0.2, 0) is 13.0 Å². The normalized spacial score (nSPS) is 18.1. The molecule has 8 heteroatoms. The maximum Gasteiger partial charge on any atom is 0.243 e. The second-order valence-electron chi connectivity index (χ2n) is 6.40. The Hall–Kier alpha value is -2.61. The van der Waals surface area contributed by atoms with E-state index in [4.69, 9.17) is 4.52 Å². The van der Waals surface area contributed by atoms with E-state index < -0.39 is 0 Å². The number of halogens is 1. The molecule has 0 unspecified atom stereocenters. The Labute approximate surface area is 144 Å². The zero-order chi connectivity index (χ0) is 17.4. The Bertz CT molecular complexity index is 889. The van der Waals surface area contributed by atoms with E-state index in [0.29, 0.717) is 22.8 Å². The lowest BCUT2D eigenvalue weighted by atomic mass is 10.1. The third-order valence-electron chi connectivity index (χ3n) is 4.53. The van der Waals surface area contributed by atoms with Crippen LogP contribution in [0.2, 0.25) is 0 Å². The van der Waals surface area contributed by atoms with Gasteiger partial charge in [-0.3, -0.25) is 0 Å². The molecule has 0 bridgehead atoms. The maximum atomic E-state index is 13.7. The highest BCUT2D eigenvalue weighted by atomic mass is 19.1. The first kappa shape index (κ1) is 15.9. The van der Waals surface area contributed by atoms with E-state index >= 15 is 0 Å². The third-order valence-corrected chi connectivity index (χ3v) is 4.53. The topological polar surface area (TPSA) is 81.7 Å². The van der Waals surface area contributed by atoms with Gasteiger partial charge in [0.05, 0.1) is 12.6 Å². The fraction of sp³-hybridized carbons (Fsp3) is 0.412. The van der Waals surface area contributed by atoms with Gasteiger partial charge in [-0.05, 0) is 31.9 Å². The largest absolute Gasteiger partial charge is 0.337 e. The van der Waals surface area contributed by atoms with E-state index in [1.54, 1.807) is 25.4 Å². The van der Waals surface area contributed by atoms with Gasteiger partial charge in [-0.25, -0.2) is 14.1 Å².